The van der Waals surface area contributed by atoms with E-state index in [0.717, 1.165) is 43.8 Å². The second kappa shape index (κ2) is 6.59. The van der Waals surface area contributed by atoms with Crippen LogP contribution in [-0.4, -0.2) is 39.2 Å². The molecular formula is C17H23N5O3. The number of hydrogen-bond donors (Lipinski definition) is 1. The Balaban J connectivity index is 1.37. The van der Waals surface area contributed by atoms with Crippen LogP contribution in [0.4, 0.5) is 5.88 Å². The molecule has 2 fully saturated rings. The predicted octanol–water partition coefficient (Wildman–Crippen LogP) is 2.83. The smallest absolute Gasteiger partial charge is 0.240 e. The Hall–Kier alpha value is -2.22. The molecule has 8 heteroatoms. The van der Waals surface area contributed by atoms with E-state index in [2.05, 4.69) is 25.5 Å². The lowest BCUT2D eigenvalue weighted by molar-refractivity contribution is -0.117. The Labute approximate surface area is 145 Å². The van der Waals surface area contributed by atoms with Crippen molar-refractivity contribution in [2.75, 3.05) is 18.4 Å². The molecule has 134 valence electrons. The normalized spacial score (nSPS) is 21.2. The Morgan fingerprint density at radius 2 is 2.16 bits per heavy atom. The predicted molar refractivity (Wildman–Crippen MR) is 89.0 cm³/mol. The quantitative estimate of drug-likeness (QED) is 0.859. The van der Waals surface area contributed by atoms with Crippen LogP contribution in [-0.2, 0) is 4.79 Å². The Morgan fingerprint density at radius 1 is 1.32 bits per heavy atom. The van der Waals surface area contributed by atoms with Crippen LogP contribution < -0.4 is 5.32 Å². The van der Waals surface area contributed by atoms with Crippen molar-refractivity contribution in [2.45, 2.75) is 57.4 Å². The molecule has 1 atom stereocenters. The Kier molecular flexibility index (Phi) is 4.29. The molecule has 0 spiro atoms. The molecule has 1 N–H and O–H groups in total. The zero-order valence-corrected chi connectivity index (χ0v) is 14.6. The van der Waals surface area contributed by atoms with Gasteiger partial charge in [0, 0.05) is 12.0 Å². The highest BCUT2D eigenvalue weighted by molar-refractivity contribution is 5.91. The number of hydrogen-bond acceptors (Lipinski definition) is 7. The topological polar surface area (TPSA) is 97.3 Å². The van der Waals surface area contributed by atoms with Crippen LogP contribution in [0.5, 0.6) is 0 Å². The fraction of sp³-hybridized carbons (Fsp3) is 0.647. The minimum atomic E-state index is -0.121. The number of likely N-dealkylation sites (tertiary alicyclic amines) is 1. The van der Waals surface area contributed by atoms with Crippen LogP contribution in [0.1, 0.15) is 74.8 Å². The van der Waals surface area contributed by atoms with Crippen molar-refractivity contribution in [3.63, 3.8) is 0 Å². The molecule has 1 saturated heterocycles. The average molecular weight is 345 g/mol. The van der Waals surface area contributed by atoms with Gasteiger partial charge in [-0.15, -0.1) is 0 Å². The molecule has 25 heavy (non-hydrogen) atoms. The van der Waals surface area contributed by atoms with Gasteiger partial charge >= 0.3 is 0 Å². The van der Waals surface area contributed by atoms with Gasteiger partial charge < -0.3 is 9.05 Å². The molecule has 0 radical (unpaired) electrons. The van der Waals surface area contributed by atoms with E-state index in [1.165, 1.54) is 0 Å². The van der Waals surface area contributed by atoms with Gasteiger partial charge in [0.15, 0.2) is 5.82 Å². The number of aromatic nitrogens is 3. The van der Waals surface area contributed by atoms with Gasteiger partial charge in [0.2, 0.25) is 17.7 Å². The number of amides is 1. The van der Waals surface area contributed by atoms with Gasteiger partial charge in [-0.1, -0.05) is 24.2 Å². The standard InChI is InChI=1S/C17H23N5O3/c1-10(2)12-8-15(24-20-12)18-14(23)9-22-7-3-4-13(22)16-19-17(25-21-16)11-5-6-11/h8,10-11,13H,3-7,9H2,1-2H3,(H,18,23). The van der Waals surface area contributed by atoms with E-state index in [9.17, 15) is 4.79 Å². The first-order chi connectivity index (χ1) is 12.1. The monoisotopic (exact) mass is 345 g/mol. The lowest BCUT2D eigenvalue weighted by Crippen LogP contribution is -2.33. The molecule has 0 bridgehead atoms. The molecule has 1 aliphatic carbocycles. The molecule has 8 nitrogen and oxygen atoms in total. The van der Waals surface area contributed by atoms with Crippen LogP contribution in [0.3, 0.4) is 0 Å². The molecule has 1 unspecified atom stereocenters. The highest BCUT2D eigenvalue weighted by Crippen LogP contribution is 2.40. The molecule has 3 heterocycles. The minimum Gasteiger partial charge on any atom is -0.339 e. The fourth-order valence-corrected chi connectivity index (χ4v) is 3.17. The molecular weight excluding hydrogens is 322 g/mol. The third-order valence-electron chi connectivity index (χ3n) is 4.77. The van der Waals surface area contributed by atoms with Crippen molar-refractivity contribution in [3.8, 4) is 0 Å². The van der Waals surface area contributed by atoms with Crippen LogP contribution >= 0.6 is 0 Å². The van der Waals surface area contributed by atoms with Crippen molar-refractivity contribution >= 4 is 11.8 Å². The first-order valence-electron chi connectivity index (χ1n) is 8.94. The number of nitrogens with one attached hydrogen (secondary N) is 1. The van der Waals surface area contributed by atoms with E-state index in [1.54, 1.807) is 6.07 Å². The summed E-state index contributed by atoms with van der Waals surface area (Å²) in [4.78, 5) is 19.0. The number of carbonyl (C=O) groups is 1. The first-order valence-corrected chi connectivity index (χ1v) is 8.94. The molecule has 2 aliphatic rings. The van der Waals surface area contributed by atoms with E-state index in [0.29, 0.717) is 17.6 Å². The summed E-state index contributed by atoms with van der Waals surface area (Å²) in [5.74, 6) is 2.42. The van der Waals surface area contributed by atoms with Gasteiger partial charge in [-0.05, 0) is 38.1 Å². The van der Waals surface area contributed by atoms with Crippen LogP contribution in [0, 0.1) is 0 Å². The van der Waals surface area contributed by atoms with Gasteiger partial charge in [-0.2, -0.15) is 4.98 Å². The summed E-state index contributed by atoms with van der Waals surface area (Å²) in [7, 11) is 0. The summed E-state index contributed by atoms with van der Waals surface area (Å²) >= 11 is 0. The lowest BCUT2D eigenvalue weighted by atomic mass is 10.1. The van der Waals surface area contributed by atoms with Crippen LogP contribution in [0.2, 0.25) is 0 Å². The van der Waals surface area contributed by atoms with E-state index < -0.39 is 0 Å². The molecule has 2 aromatic rings. The lowest BCUT2D eigenvalue weighted by Gasteiger charge is -2.20. The summed E-state index contributed by atoms with van der Waals surface area (Å²) in [6, 6.07) is 1.81. The number of nitrogens with zero attached hydrogens (tertiary/aromatic N) is 4. The molecule has 0 aromatic carbocycles. The summed E-state index contributed by atoms with van der Waals surface area (Å²) in [6.07, 6.45) is 4.23. The van der Waals surface area contributed by atoms with Crippen molar-refractivity contribution in [1.29, 1.82) is 0 Å². The maximum atomic E-state index is 12.3. The highest BCUT2D eigenvalue weighted by atomic mass is 16.5. The number of carbonyl (C=O) groups excluding carboxylic acids is 1. The zero-order chi connectivity index (χ0) is 17.4. The summed E-state index contributed by atoms with van der Waals surface area (Å²) in [5, 5.41) is 10.9. The van der Waals surface area contributed by atoms with Gasteiger partial charge in [0.25, 0.3) is 0 Å². The zero-order valence-electron chi connectivity index (χ0n) is 14.6. The SMILES string of the molecule is CC(C)c1cc(NC(=O)CN2CCCC2c2noc(C3CC3)n2)on1. The third kappa shape index (κ3) is 3.58. The maximum absolute atomic E-state index is 12.3. The number of anilines is 1. The van der Waals surface area contributed by atoms with Crippen molar-refractivity contribution < 1.29 is 13.8 Å². The highest BCUT2D eigenvalue weighted by Gasteiger charge is 2.34. The molecule has 4 rings (SSSR count). The van der Waals surface area contributed by atoms with E-state index in [4.69, 9.17) is 9.05 Å². The molecule has 1 saturated carbocycles. The van der Waals surface area contributed by atoms with Crippen molar-refractivity contribution in [1.82, 2.24) is 20.2 Å². The van der Waals surface area contributed by atoms with E-state index >= 15 is 0 Å². The van der Waals surface area contributed by atoms with Crippen molar-refractivity contribution in [3.05, 3.63) is 23.5 Å². The second-order valence-corrected chi connectivity index (χ2v) is 7.21. The van der Waals surface area contributed by atoms with E-state index in [1.807, 2.05) is 13.8 Å². The fourth-order valence-electron chi connectivity index (χ4n) is 3.17. The average Bonchev–Trinajstić information content (AvgIpc) is 3.00. The second-order valence-electron chi connectivity index (χ2n) is 7.21. The molecule has 2 aromatic heterocycles. The van der Waals surface area contributed by atoms with Gasteiger partial charge in [-0.3, -0.25) is 15.0 Å². The molecule has 1 aliphatic heterocycles. The molecule has 1 amide bonds. The minimum absolute atomic E-state index is 0.0444. The first kappa shape index (κ1) is 16.3. The van der Waals surface area contributed by atoms with Gasteiger partial charge in [-0.25, -0.2) is 0 Å². The largest absolute Gasteiger partial charge is 0.339 e. The Bertz CT molecular complexity index is 749. The van der Waals surface area contributed by atoms with E-state index in [-0.39, 0.29) is 24.4 Å². The number of rotatable bonds is 6. The third-order valence-corrected chi connectivity index (χ3v) is 4.77. The summed E-state index contributed by atoms with van der Waals surface area (Å²) < 4.78 is 10.5. The maximum Gasteiger partial charge on any atom is 0.240 e. The van der Waals surface area contributed by atoms with Crippen LogP contribution in [0.15, 0.2) is 15.1 Å². The van der Waals surface area contributed by atoms with Gasteiger partial charge in [0.1, 0.15) is 0 Å². The van der Waals surface area contributed by atoms with Crippen LogP contribution in [0.25, 0.3) is 0 Å². The Morgan fingerprint density at radius 3 is 2.88 bits per heavy atom. The van der Waals surface area contributed by atoms with Gasteiger partial charge in [0.05, 0.1) is 18.3 Å². The summed E-state index contributed by atoms with van der Waals surface area (Å²) in [6.45, 7) is 5.17. The summed E-state index contributed by atoms with van der Waals surface area (Å²) in [5.41, 5.74) is 0.828. The van der Waals surface area contributed by atoms with Crippen molar-refractivity contribution in [2.24, 2.45) is 0 Å².